The van der Waals surface area contributed by atoms with E-state index in [-0.39, 0.29) is 11.3 Å². The Kier molecular flexibility index (Phi) is 3.32. The van der Waals surface area contributed by atoms with Gasteiger partial charge in [0.1, 0.15) is 0 Å². The summed E-state index contributed by atoms with van der Waals surface area (Å²) in [6, 6.07) is 0.0624. The second kappa shape index (κ2) is 3.94. The summed E-state index contributed by atoms with van der Waals surface area (Å²) in [6.45, 7) is 7.07. The molecule has 2 atom stereocenters. The third-order valence-corrected chi connectivity index (χ3v) is 4.33. The van der Waals surface area contributed by atoms with Crippen molar-refractivity contribution in [2.45, 2.75) is 32.1 Å². The highest BCUT2D eigenvalue weighted by molar-refractivity contribution is 7.90. The fraction of sp³-hybridized carbons (Fsp3) is 1.00. The van der Waals surface area contributed by atoms with Crippen LogP contribution >= 0.6 is 0 Å². The van der Waals surface area contributed by atoms with Gasteiger partial charge in [0, 0.05) is 12.6 Å². The molecule has 1 aliphatic heterocycles. The lowest BCUT2D eigenvalue weighted by Crippen LogP contribution is -2.42. The molecular weight excluding hydrogens is 188 g/mol. The minimum Gasteiger partial charge on any atom is -0.315 e. The molecule has 0 bridgehead atoms. The lowest BCUT2D eigenvalue weighted by atomic mass is 10.1. The van der Waals surface area contributed by atoms with Crippen LogP contribution in [0, 0.1) is 5.92 Å². The molecule has 4 nitrogen and oxygen atoms in total. The fourth-order valence-electron chi connectivity index (χ4n) is 1.31. The molecule has 0 amide bonds. The minimum atomic E-state index is -3.10. The molecule has 0 aromatic heterocycles. The normalized spacial score (nSPS) is 29.8. The van der Waals surface area contributed by atoms with Gasteiger partial charge in [0.2, 0.25) is 10.0 Å². The molecule has 1 heterocycles. The molecule has 2 N–H and O–H groups in total. The molecule has 0 aromatic rings. The largest absolute Gasteiger partial charge is 0.315 e. The summed E-state index contributed by atoms with van der Waals surface area (Å²) in [7, 11) is -3.10. The molecule has 0 aromatic carbocycles. The SMILES string of the molecule is CC1CNCC1NS(=O)(=O)C(C)C. The Hall–Kier alpha value is -0.130. The Labute approximate surface area is 80.1 Å². The van der Waals surface area contributed by atoms with E-state index in [1.54, 1.807) is 13.8 Å². The molecule has 1 fully saturated rings. The van der Waals surface area contributed by atoms with Crippen molar-refractivity contribution in [3.8, 4) is 0 Å². The molecular formula is C8H18N2O2S. The van der Waals surface area contributed by atoms with Gasteiger partial charge in [-0.1, -0.05) is 6.92 Å². The third-order valence-electron chi connectivity index (χ3n) is 2.45. The van der Waals surface area contributed by atoms with Crippen LogP contribution in [-0.2, 0) is 10.0 Å². The third kappa shape index (κ3) is 2.65. The van der Waals surface area contributed by atoms with Crippen LogP contribution in [0.25, 0.3) is 0 Å². The number of hydrogen-bond acceptors (Lipinski definition) is 3. The fourth-order valence-corrected chi connectivity index (χ4v) is 2.32. The molecule has 0 aliphatic carbocycles. The van der Waals surface area contributed by atoms with E-state index in [9.17, 15) is 8.42 Å². The van der Waals surface area contributed by atoms with Crippen molar-refractivity contribution in [3.05, 3.63) is 0 Å². The van der Waals surface area contributed by atoms with Crippen LogP contribution < -0.4 is 10.0 Å². The Morgan fingerprint density at radius 1 is 1.38 bits per heavy atom. The van der Waals surface area contributed by atoms with Crippen molar-refractivity contribution in [2.75, 3.05) is 13.1 Å². The van der Waals surface area contributed by atoms with E-state index < -0.39 is 10.0 Å². The van der Waals surface area contributed by atoms with E-state index in [0.29, 0.717) is 5.92 Å². The van der Waals surface area contributed by atoms with Gasteiger partial charge >= 0.3 is 0 Å². The topological polar surface area (TPSA) is 58.2 Å². The molecule has 1 saturated heterocycles. The second-order valence-corrected chi connectivity index (χ2v) is 6.22. The van der Waals surface area contributed by atoms with E-state index in [4.69, 9.17) is 0 Å². The predicted octanol–water partition coefficient (Wildman–Crippen LogP) is -0.0779. The van der Waals surface area contributed by atoms with Gasteiger partial charge in [0.15, 0.2) is 0 Å². The van der Waals surface area contributed by atoms with Crippen molar-refractivity contribution in [1.82, 2.24) is 10.0 Å². The van der Waals surface area contributed by atoms with Gasteiger partial charge in [-0.3, -0.25) is 0 Å². The van der Waals surface area contributed by atoms with E-state index >= 15 is 0 Å². The lowest BCUT2D eigenvalue weighted by molar-refractivity contribution is 0.498. The molecule has 0 radical (unpaired) electrons. The van der Waals surface area contributed by atoms with Crippen molar-refractivity contribution in [2.24, 2.45) is 5.92 Å². The van der Waals surface area contributed by atoms with Crippen LogP contribution in [0.5, 0.6) is 0 Å². The van der Waals surface area contributed by atoms with Crippen LogP contribution in [-0.4, -0.2) is 32.8 Å². The summed E-state index contributed by atoms with van der Waals surface area (Å²) in [4.78, 5) is 0. The maximum Gasteiger partial charge on any atom is 0.214 e. The van der Waals surface area contributed by atoms with E-state index in [1.165, 1.54) is 0 Å². The molecule has 13 heavy (non-hydrogen) atoms. The summed E-state index contributed by atoms with van der Waals surface area (Å²) >= 11 is 0. The van der Waals surface area contributed by atoms with Gasteiger partial charge in [0.25, 0.3) is 0 Å². The highest BCUT2D eigenvalue weighted by Gasteiger charge is 2.28. The van der Waals surface area contributed by atoms with Crippen LogP contribution in [0.3, 0.4) is 0 Å². The number of sulfonamides is 1. The second-order valence-electron chi connectivity index (χ2n) is 3.95. The van der Waals surface area contributed by atoms with Crippen LogP contribution in [0.15, 0.2) is 0 Å². The average molecular weight is 206 g/mol. The zero-order valence-electron chi connectivity index (χ0n) is 8.37. The summed E-state index contributed by atoms with van der Waals surface area (Å²) < 4.78 is 25.7. The predicted molar refractivity (Wildman–Crippen MR) is 53.0 cm³/mol. The van der Waals surface area contributed by atoms with Gasteiger partial charge in [-0.25, -0.2) is 13.1 Å². The maximum absolute atomic E-state index is 11.5. The van der Waals surface area contributed by atoms with E-state index in [2.05, 4.69) is 10.0 Å². The quantitative estimate of drug-likeness (QED) is 0.679. The standard InChI is InChI=1S/C8H18N2O2S/c1-6(2)13(11,12)10-8-5-9-4-7(8)3/h6-10H,4-5H2,1-3H3. The van der Waals surface area contributed by atoms with Crippen molar-refractivity contribution in [1.29, 1.82) is 0 Å². The summed E-state index contributed by atoms with van der Waals surface area (Å²) in [5, 5.41) is 2.81. The zero-order valence-corrected chi connectivity index (χ0v) is 9.19. The minimum absolute atomic E-state index is 0.0624. The smallest absolute Gasteiger partial charge is 0.214 e. The molecule has 2 unspecified atom stereocenters. The first-order valence-electron chi connectivity index (χ1n) is 4.65. The van der Waals surface area contributed by atoms with Crippen LogP contribution in [0.2, 0.25) is 0 Å². The molecule has 0 saturated carbocycles. The highest BCUT2D eigenvalue weighted by atomic mass is 32.2. The van der Waals surface area contributed by atoms with Gasteiger partial charge in [-0.15, -0.1) is 0 Å². The summed E-state index contributed by atoms with van der Waals surface area (Å²) in [6.07, 6.45) is 0. The molecule has 1 aliphatic rings. The van der Waals surface area contributed by atoms with Gasteiger partial charge in [0.05, 0.1) is 5.25 Å². The Morgan fingerprint density at radius 3 is 2.38 bits per heavy atom. The Morgan fingerprint density at radius 2 is 2.00 bits per heavy atom. The number of nitrogens with one attached hydrogen (secondary N) is 2. The maximum atomic E-state index is 11.5. The first-order valence-corrected chi connectivity index (χ1v) is 6.20. The Bertz CT molecular complexity index is 261. The highest BCUT2D eigenvalue weighted by Crippen LogP contribution is 2.10. The van der Waals surface area contributed by atoms with Gasteiger partial charge in [-0.05, 0) is 26.3 Å². The zero-order chi connectivity index (χ0) is 10.1. The first-order chi connectivity index (χ1) is 5.93. The van der Waals surface area contributed by atoms with E-state index in [1.807, 2.05) is 6.92 Å². The van der Waals surface area contributed by atoms with Gasteiger partial charge in [-0.2, -0.15) is 0 Å². The van der Waals surface area contributed by atoms with Crippen molar-refractivity contribution < 1.29 is 8.42 Å². The number of rotatable bonds is 3. The first kappa shape index (κ1) is 10.9. The monoisotopic (exact) mass is 206 g/mol. The number of hydrogen-bond donors (Lipinski definition) is 2. The Balaban J connectivity index is 2.58. The van der Waals surface area contributed by atoms with Crippen LogP contribution in [0.4, 0.5) is 0 Å². The lowest BCUT2D eigenvalue weighted by Gasteiger charge is -2.17. The van der Waals surface area contributed by atoms with Gasteiger partial charge < -0.3 is 5.32 Å². The summed E-state index contributed by atoms with van der Waals surface area (Å²) in [5.41, 5.74) is 0. The summed E-state index contributed by atoms with van der Waals surface area (Å²) in [5.74, 6) is 0.383. The average Bonchev–Trinajstić information content (AvgIpc) is 2.35. The van der Waals surface area contributed by atoms with Crippen molar-refractivity contribution >= 4 is 10.0 Å². The molecule has 0 spiro atoms. The van der Waals surface area contributed by atoms with Crippen LogP contribution in [0.1, 0.15) is 20.8 Å². The van der Waals surface area contributed by atoms with Crippen molar-refractivity contribution in [3.63, 3.8) is 0 Å². The van der Waals surface area contributed by atoms with E-state index in [0.717, 1.165) is 13.1 Å². The molecule has 78 valence electrons. The molecule has 1 rings (SSSR count). The molecule has 5 heteroatoms.